The van der Waals surface area contributed by atoms with Crippen molar-refractivity contribution >= 4 is 24.7 Å². The van der Waals surface area contributed by atoms with Crippen molar-refractivity contribution in [3.05, 3.63) is 39.7 Å². The highest BCUT2D eigenvalue weighted by molar-refractivity contribution is 6.77. The Morgan fingerprint density at radius 1 is 1.17 bits per heavy atom. The van der Waals surface area contributed by atoms with Crippen LogP contribution in [0.4, 0.5) is 5.69 Å². The Morgan fingerprint density at radius 2 is 1.78 bits per heavy atom. The van der Waals surface area contributed by atoms with Crippen molar-refractivity contribution in [2.24, 2.45) is 0 Å². The minimum Gasteiger partial charge on any atom is -0.422 e. The normalized spacial score (nSPS) is 13.3. The molecule has 126 valence electrons. The molecule has 0 saturated heterocycles. The molecule has 0 aliphatic carbocycles. The van der Waals surface area contributed by atoms with E-state index in [4.69, 9.17) is 4.42 Å². The molecule has 0 N–H and O–H groups in total. The van der Waals surface area contributed by atoms with Crippen LogP contribution in [0.3, 0.4) is 0 Å². The van der Waals surface area contributed by atoms with Crippen molar-refractivity contribution in [2.45, 2.75) is 52.9 Å². The van der Waals surface area contributed by atoms with Crippen molar-refractivity contribution < 1.29 is 4.42 Å². The quantitative estimate of drug-likeness (QED) is 0.575. The number of hydrogen-bond donors (Lipinski definition) is 0. The summed E-state index contributed by atoms with van der Waals surface area (Å²) in [4.78, 5) is 14.9. The molecule has 1 unspecified atom stereocenters. The second kappa shape index (κ2) is 6.52. The monoisotopic (exact) mass is 331 g/mol. The van der Waals surface area contributed by atoms with Crippen molar-refractivity contribution in [1.82, 2.24) is 0 Å². The van der Waals surface area contributed by atoms with Crippen molar-refractivity contribution in [3.8, 4) is 0 Å². The Bertz CT molecular complexity index is 754. The number of anilines is 1. The maximum Gasteiger partial charge on any atom is 0.339 e. The topological polar surface area (TPSA) is 33.5 Å². The van der Waals surface area contributed by atoms with E-state index in [-0.39, 0.29) is 11.2 Å². The highest BCUT2D eigenvalue weighted by atomic mass is 28.3. The van der Waals surface area contributed by atoms with Gasteiger partial charge in [0, 0.05) is 35.8 Å². The van der Waals surface area contributed by atoms with Gasteiger partial charge in [-0.2, -0.15) is 0 Å². The first-order chi connectivity index (χ1) is 10.7. The van der Waals surface area contributed by atoms with E-state index < -0.39 is 8.07 Å². The number of rotatable bonds is 5. The fourth-order valence-electron chi connectivity index (χ4n) is 3.08. The first kappa shape index (κ1) is 17.8. The summed E-state index contributed by atoms with van der Waals surface area (Å²) in [6.07, 6.45) is 0. The van der Waals surface area contributed by atoms with Gasteiger partial charge in [0.15, 0.2) is 0 Å². The van der Waals surface area contributed by atoms with E-state index in [2.05, 4.69) is 64.4 Å². The van der Waals surface area contributed by atoms with Crippen molar-refractivity contribution in [2.75, 3.05) is 18.0 Å². The molecule has 1 aromatic carbocycles. The lowest BCUT2D eigenvalue weighted by molar-refractivity contribution is 0.547. The van der Waals surface area contributed by atoms with Gasteiger partial charge in [-0.3, -0.25) is 0 Å². The molecule has 1 heterocycles. The first-order valence-electron chi connectivity index (χ1n) is 8.53. The Balaban J connectivity index is 2.65. The van der Waals surface area contributed by atoms with Crippen LogP contribution in [0.15, 0.2) is 27.4 Å². The summed E-state index contributed by atoms with van der Waals surface area (Å²) < 4.78 is 5.71. The lowest BCUT2D eigenvalue weighted by atomic mass is 10.0. The van der Waals surface area contributed by atoms with Gasteiger partial charge in [-0.15, -0.1) is 0 Å². The standard InChI is InChI=1S/C19H29NO2Si/c1-8-20(9-2)15-10-11-16-13(3)18(14(4)23(5,6)7)19(21)22-17(16)12-15/h10-12,14H,8-9H2,1-7H3. The van der Waals surface area contributed by atoms with Gasteiger partial charge in [-0.05, 0) is 44.0 Å². The number of fused-ring (bicyclic) bond motifs is 1. The molecule has 0 bridgehead atoms. The van der Waals surface area contributed by atoms with Crippen molar-refractivity contribution in [1.29, 1.82) is 0 Å². The maximum atomic E-state index is 12.6. The molecule has 0 fully saturated rings. The van der Waals surface area contributed by atoms with Gasteiger partial charge >= 0.3 is 5.63 Å². The number of benzene rings is 1. The fourth-order valence-corrected chi connectivity index (χ4v) is 4.28. The van der Waals surface area contributed by atoms with Crippen LogP contribution in [-0.4, -0.2) is 21.2 Å². The number of hydrogen-bond acceptors (Lipinski definition) is 3. The molecule has 0 aliphatic rings. The minimum absolute atomic E-state index is 0.165. The van der Waals surface area contributed by atoms with Crippen LogP contribution in [0.25, 0.3) is 11.0 Å². The average Bonchev–Trinajstić information content (AvgIpc) is 2.47. The van der Waals surface area contributed by atoms with E-state index in [1.165, 1.54) is 0 Å². The summed E-state index contributed by atoms with van der Waals surface area (Å²) in [7, 11) is -1.46. The van der Waals surface area contributed by atoms with E-state index >= 15 is 0 Å². The highest BCUT2D eigenvalue weighted by Gasteiger charge is 2.29. The summed E-state index contributed by atoms with van der Waals surface area (Å²) in [5.74, 6) is 0. The van der Waals surface area contributed by atoms with E-state index in [1.807, 2.05) is 6.07 Å². The van der Waals surface area contributed by atoms with Gasteiger partial charge in [0.25, 0.3) is 0 Å². The van der Waals surface area contributed by atoms with E-state index in [1.54, 1.807) is 0 Å². The molecule has 1 aromatic heterocycles. The SMILES string of the molecule is CCN(CC)c1ccc2c(C)c(C(C)[Si](C)(C)C)c(=O)oc2c1. The molecule has 23 heavy (non-hydrogen) atoms. The zero-order valence-corrected chi connectivity index (χ0v) is 16.5. The zero-order valence-electron chi connectivity index (χ0n) is 15.5. The van der Waals surface area contributed by atoms with Gasteiger partial charge in [0.05, 0.1) is 8.07 Å². The predicted molar refractivity (Wildman–Crippen MR) is 103 cm³/mol. The first-order valence-corrected chi connectivity index (χ1v) is 12.1. The average molecular weight is 332 g/mol. The maximum absolute atomic E-state index is 12.6. The Labute approximate surface area is 140 Å². The third kappa shape index (κ3) is 3.37. The zero-order chi connectivity index (χ0) is 17.4. The van der Waals surface area contributed by atoms with Gasteiger partial charge in [0.1, 0.15) is 5.58 Å². The molecule has 2 aromatic rings. The lowest BCUT2D eigenvalue weighted by Gasteiger charge is -2.26. The smallest absolute Gasteiger partial charge is 0.339 e. The molecule has 1 atom stereocenters. The molecule has 0 saturated carbocycles. The molecule has 4 heteroatoms. The predicted octanol–water partition coefficient (Wildman–Crippen LogP) is 4.93. The molecule has 3 nitrogen and oxygen atoms in total. The van der Waals surface area contributed by atoms with Crippen LogP contribution >= 0.6 is 0 Å². The van der Waals surface area contributed by atoms with Crippen LogP contribution in [0.2, 0.25) is 19.6 Å². The fraction of sp³-hybridized carbons (Fsp3) is 0.526. The van der Waals surface area contributed by atoms with Gasteiger partial charge in [-0.25, -0.2) is 4.79 Å². The van der Waals surface area contributed by atoms with Gasteiger partial charge in [0.2, 0.25) is 0 Å². The molecule has 2 rings (SSSR count). The largest absolute Gasteiger partial charge is 0.422 e. The van der Waals surface area contributed by atoms with Crippen LogP contribution < -0.4 is 10.5 Å². The van der Waals surface area contributed by atoms with Gasteiger partial charge in [-0.1, -0.05) is 26.6 Å². The highest BCUT2D eigenvalue weighted by Crippen LogP contribution is 2.31. The summed E-state index contributed by atoms with van der Waals surface area (Å²) in [6, 6.07) is 6.23. The van der Waals surface area contributed by atoms with Crippen LogP contribution in [0.1, 0.15) is 37.4 Å². The number of aryl methyl sites for hydroxylation is 1. The van der Waals surface area contributed by atoms with Crippen LogP contribution in [-0.2, 0) is 0 Å². The third-order valence-corrected chi connectivity index (χ3v) is 7.94. The molecule has 0 radical (unpaired) electrons. The minimum atomic E-state index is -1.46. The molecule has 0 amide bonds. The van der Waals surface area contributed by atoms with Crippen molar-refractivity contribution in [3.63, 3.8) is 0 Å². The van der Waals surface area contributed by atoms with E-state index in [0.29, 0.717) is 5.58 Å². The van der Waals surface area contributed by atoms with Crippen LogP contribution in [0, 0.1) is 6.92 Å². The molecule has 0 aliphatic heterocycles. The molecular weight excluding hydrogens is 302 g/mol. The summed E-state index contributed by atoms with van der Waals surface area (Å²) in [5, 5.41) is 1.06. The van der Waals surface area contributed by atoms with Crippen LogP contribution in [0.5, 0.6) is 0 Å². The number of nitrogens with zero attached hydrogens (tertiary/aromatic N) is 1. The second-order valence-corrected chi connectivity index (χ2v) is 13.0. The summed E-state index contributed by atoms with van der Waals surface area (Å²) in [6.45, 7) is 17.3. The Morgan fingerprint density at radius 3 is 2.30 bits per heavy atom. The second-order valence-electron chi connectivity index (χ2n) is 7.37. The molecular formula is C19H29NO2Si. The molecule has 0 spiro atoms. The third-order valence-electron chi connectivity index (χ3n) is 5.06. The van der Waals surface area contributed by atoms with Gasteiger partial charge < -0.3 is 9.32 Å². The summed E-state index contributed by atoms with van der Waals surface area (Å²) in [5.41, 5.74) is 3.87. The Hall–Kier alpha value is -1.55. The van der Waals surface area contributed by atoms with E-state index in [0.717, 1.165) is 35.3 Å². The van der Waals surface area contributed by atoms with E-state index in [9.17, 15) is 4.79 Å². The Kier molecular flexibility index (Phi) is 5.04. The summed E-state index contributed by atoms with van der Waals surface area (Å²) >= 11 is 0. The lowest BCUT2D eigenvalue weighted by Crippen LogP contribution is -2.32.